The van der Waals surface area contributed by atoms with Crippen LogP contribution < -0.4 is 14.4 Å². The number of hydrogen-bond donors (Lipinski definition) is 1. The molecule has 35 heavy (non-hydrogen) atoms. The van der Waals surface area contributed by atoms with E-state index < -0.39 is 0 Å². The summed E-state index contributed by atoms with van der Waals surface area (Å²) < 4.78 is 9.54. The quantitative estimate of drug-likeness (QED) is 0.374. The van der Waals surface area contributed by atoms with E-state index in [1.807, 2.05) is 6.07 Å². The minimum Gasteiger partial charge on any atom is -0.491 e. The van der Waals surface area contributed by atoms with Gasteiger partial charge < -0.3 is 9.64 Å². The lowest BCUT2D eigenvalue weighted by Gasteiger charge is -2.35. The van der Waals surface area contributed by atoms with E-state index in [1.165, 1.54) is 55.2 Å². The minimum absolute atomic E-state index is 0.177. The number of fused-ring (bicyclic) bond motifs is 1. The highest BCUT2D eigenvalue weighted by Gasteiger charge is 2.30. The van der Waals surface area contributed by atoms with Crippen molar-refractivity contribution < 1.29 is 9.53 Å². The first kappa shape index (κ1) is 24.8. The summed E-state index contributed by atoms with van der Waals surface area (Å²) in [7, 11) is 0. The van der Waals surface area contributed by atoms with Crippen molar-refractivity contribution in [1.82, 2.24) is 4.72 Å². The molecule has 0 bridgehead atoms. The molecular weight excluding hydrogens is 476 g/mol. The van der Waals surface area contributed by atoms with Crippen LogP contribution in [-0.4, -0.2) is 25.6 Å². The summed E-state index contributed by atoms with van der Waals surface area (Å²) in [6, 6.07) is 12.7. The Balaban J connectivity index is 1.37. The molecule has 1 atom stereocenters. The lowest BCUT2D eigenvalue weighted by molar-refractivity contribution is -0.122. The summed E-state index contributed by atoms with van der Waals surface area (Å²) in [6.45, 7) is 4.88. The van der Waals surface area contributed by atoms with E-state index >= 15 is 0 Å². The van der Waals surface area contributed by atoms with E-state index in [4.69, 9.17) is 16.3 Å². The van der Waals surface area contributed by atoms with Crippen molar-refractivity contribution in [3.05, 3.63) is 52.5 Å². The van der Waals surface area contributed by atoms with Gasteiger partial charge in [-0.05, 0) is 91.4 Å². The van der Waals surface area contributed by atoms with Crippen LogP contribution in [-0.2, 0) is 11.2 Å². The van der Waals surface area contributed by atoms with Crippen molar-refractivity contribution in [1.29, 1.82) is 0 Å². The molecule has 0 spiro atoms. The van der Waals surface area contributed by atoms with Gasteiger partial charge in [0.05, 0.1) is 12.3 Å². The van der Waals surface area contributed by atoms with Gasteiger partial charge in [0.25, 0.3) is 0 Å². The molecule has 1 amide bonds. The number of amides is 1. The van der Waals surface area contributed by atoms with Crippen molar-refractivity contribution in [2.75, 3.05) is 24.6 Å². The number of ether oxygens (including phenoxy) is 1. The van der Waals surface area contributed by atoms with Crippen LogP contribution in [0, 0.1) is 11.8 Å². The van der Waals surface area contributed by atoms with Crippen molar-refractivity contribution in [3.8, 4) is 5.75 Å². The van der Waals surface area contributed by atoms with E-state index in [1.54, 1.807) is 0 Å². The Labute approximate surface area is 219 Å². The summed E-state index contributed by atoms with van der Waals surface area (Å²) in [4.78, 5) is 16.2. The van der Waals surface area contributed by atoms with Crippen LogP contribution in [0.15, 0.2) is 41.3 Å². The average molecular weight is 513 g/mol. The second-order valence-corrected chi connectivity index (χ2v) is 11.8. The molecule has 2 aromatic rings. The molecule has 4 nitrogen and oxygen atoms in total. The Morgan fingerprint density at radius 2 is 1.94 bits per heavy atom. The summed E-state index contributed by atoms with van der Waals surface area (Å²) in [5.41, 5.74) is 3.86. The van der Waals surface area contributed by atoms with Crippen LogP contribution >= 0.6 is 23.5 Å². The third kappa shape index (κ3) is 5.94. The Morgan fingerprint density at radius 3 is 2.69 bits per heavy atom. The van der Waals surface area contributed by atoms with Gasteiger partial charge in [-0.3, -0.25) is 9.52 Å². The van der Waals surface area contributed by atoms with E-state index in [2.05, 4.69) is 46.9 Å². The van der Waals surface area contributed by atoms with Gasteiger partial charge in [-0.25, -0.2) is 0 Å². The standard InChI is InChI=1S/C29H37ClN2O2S/c1-2-6-22-15-24(30)11-13-26(22)23-18-32(17-20-7-5-8-20)27-16-25(12-14-28(27)34-19-23)35-31-29(33)21-9-3-4-10-21/h11-16,20-21,23H,2-10,17-19H2,1H3,(H,31,33). The summed E-state index contributed by atoms with van der Waals surface area (Å²) >= 11 is 7.80. The predicted molar refractivity (Wildman–Crippen MR) is 146 cm³/mol. The predicted octanol–water partition coefficient (Wildman–Crippen LogP) is 7.39. The van der Waals surface area contributed by atoms with Gasteiger partial charge >= 0.3 is 0 Å². The summed E-state index contributed by atoms with van der Waals surface area (Å²) in [5.74, 6) is 2.35. The van der Waals surface area contributed by atoms with Crippen molar-refractivity contribution in [2.24, 2.45) is 11.8 Å². The average Bonchev–Trinajstić information content (AvgIpc) is 3.31. The number of aryl methyl sites for hydroxylation is 1. The van der Waals surface area contributed by atoms with Gasteiger partial charge in [0.2, 0.25) is 5.91 Å². The zero-order valence-electron chi connectivity index (χ0n) is 20.7. The topological polar surface area (TPSA) is 41.6 Å². The molecule has 2 aromatic carbocycles. The van der Waals surface area contributed by atoms with Gasteiger partial charge in [-0.2, -0.15) is 0 Å². The maximum absolute atomic E-state index is 12.6. The van der Waals surface area contributed by atoms with Crippen LogP contribution in [0.25, 0.3) is 0 Å². The van der Waals surface area contributed by atoms with Crippen molar-refractivity contribution in [3.63, 3.8) is 0 Å². The number of carbonyl (C=O) groups excluding carboxylic acids is 1. The molecule has 2 aliphatic carbocycles. The number of rotatable bonds is 8. The molecule has 1 aliphatic heterocycles. The smallest absolute Gasteiger partial charge is 0.233 e. The molecule has 2 saturated carbocycles. The third-order valence-corrected chi connectivity index (χ3v) is 8.94. The Bertz CT molecular complexity index is 1040. The van der Waals surface area contributed by atoms with Crippen LogP contribution in [0.5, 0.6) is 5.75 Å². The summed E-state index contributed by atoms with van der Waals surface area (Å²) in [6.07, 6.45) is 10.5. The minimum atomic E-state index is 0.177. The second kappa shape index (κ2) is 11.5. The largest absolute Gasteiger partial charge is 0.491 e. The first-order valence-electron chi connectivity index (χ1n) is 13.4. The number of carbonyl (C=O) groups is 1. The van der Waals surface area contributed by atoms with Crippen molar-refractivity contribution >= 4 is 35.1 Å². The molecule has 0 saturated heterocycles. The van der Waals surface area contributed by atoms with E-state index in [0.29, 0.717) is 12.5 Å². The number of nitrogens with one attached hydrogen (secondary N) is 1. The first-order valence-corrected chi connectivity index (χ1v) is 14.6. The SMILES string of the molecule is CCCc1cc(Cl)ccc1C1COc2ccc(SNC(=O)C3CCCC3)cc2N(CC2CCC2)C1. The van der Waals surface area contributed by atoms with E-state index in [0.717, 1.165) is 66.0 Å². The van der Waals surface area contributed by atoms with Crippen LogP contribution in [0.3, 0.4) is 0 Å². The number of halogens is 1. The van der Waals surface area contributed by atoms with Crippen LogP contribution in [0.2, 0.25) is 5.02 Å². The Hall–Kier alpha value is -1.85. The lowest BCUT2D eigenvalue weighted by atomic mass is 9.84. The number of nitrogens with zero attached hydrogens (tertiary/aromatic N) is 1. The third-order valence-electron chi connectivity index (χ3n) is 7.91. The van der Waals surface area contributed by atoms with Gasteiger partial charge in [0, 0.05) is 34.8 Å². The number of benzene rings is 2. The fourth-order valence-electron chi connectivity index (χ4n) is 5.72. The van der Waals surface area contributed by atoms with Crippen LogP contribution in [0.1, 0.15) is 75.3 Å². The molecule has 3 aliphatic rings. The number of anilines is 1. The van der Waals surface area contributed by atoms with E-state index in [9.17, 15) is 4.79 Å². The molecule has 2 fully saturated rings. The van der Waals surface area contributed by atoms with E-state index in [-0.39, 0.29) is 11.8 Å². The first-order chi connectivity index (χ1) is 17.1. The number of hydrogen-bond acceptors (Lipinski definition) is 4. The highest BCUT2D eigenvalue weighted by molar-refractivity contribution is 7.98. The van der Waals surface area contributed by atoms with Gasteiger partial charge in [0.15, 0.2) is 0 Å². The fraction of sp³-hybridized carbons (Fsp3) is 0.552. The van der Waals surface area contributed by atoms with Gasteiger partial charge in [-0.15, -0.1) is 0 Å². The molecule has 1 N–H and O–H groups in total. The maximum atomic E-state index is 12.6. The molecule has 0 aromatic heterocycles. The Kier molecular flexibility index (Phi) is 8.14. The van der Waals surface area contributed by atoms with Crippen molar-refractivity contribution in [2.45, 2.75) is 75.5 Å². The van der Waals surface area contributed by atoms with Gasteiger partial charge in [-0.1, -0.05) is 50.3 Å². The monoisotopic (exact) mass is 512 g/mol. The Morgan fingerprint density at radius 1 is 1.11 bits per heavy atom. The molecule has 5 rings (SSSR count). The lowest BCUT2D eigenvalue weighted by Crippen LogP contribution is -2.35. The maximum Gasteiger partial charge on any atom is 0.233 e. The molecule has 188 valence electrons. The van der Waals surface area contributed by atoms with Crippen LogP contribution in [0.4, 0.5) is 5.69 Å². The van der Waals surface area contributed by atoms with Gasteiger partial charge in [0.1, 0.15) is 5.75 Å². The summed E-state index contributed by atoms with van der Waals surface area (Å²) in [5, 5.41) is 0.808. The highest BCUT2D eigenvalue weighted by atomic mass is 35.5. The molecule has 1 unspecified atom stereocenters. The second-order valence-electron chi connectivity index (χ2n) is 10.5. The fourth-order valence-corrected chi connectivity index (χ4v) is 6.61. The highest BCUT2D eigenvalue weighted by Crippen LogP contribution is 2.40. The zero-order chi connectivity index (χ0) is 24.2. The normalized spacial score (nSPS) is 20.6. The molecule has 6 heteroatoms. The molecule has 1 heterocycles. The molecule has 0 radical (unpaired) electrons. The molecular formula is C29H37ClN2O2S. The zero-order valence-corrected chi connectivity index (χ0v) is 22.3.